The molecule has 0 aliphatic carbocycles. The summed E-state index contributed by atoms with van der Waals surface area (Å²) in [7, 11) is 0. The zero-order chi connectivity index (χ0) is 33.5. The zero-order valence-corrected chi connectivity index (χ0v) is 30.7. The third-order valence-electron chi connectivity index (χ3n) is 9.19. The molecule has 0 saturated carbocycles. The third-order valence-corrected chi connectivity index (χ3v) is 9.19. The molecule has 4 nitrogen and oxygen atoms in total. The Labute approximate surface area is 306 Å². The molecular formula is C45H35IrN3O-2. The molecular weight excluding hydrogens is 791 g/mol. The maximum absolute atomic E-state index is 6.54. The monoisotopic (exact) mass is 826 g/mol. The quantitative estimate of drug-likeness (QED) is 0.176. The second-order valence-electron chi connectivity index (χ2n) is 13.4. The summed E-state index contributed by atoms with van der Waals surface area (Å²) in [4.78, 5) is 8.94. The van der Waals surface area contributed by atoms with Gasteiger partial charge in [-0.25, -0.2) is 0 Å². The Morgan fingerprint density at radius 1 is 0.640 bits per heavy atom. The van der Waals surface area contributed by atoms with Gasteiger partial charge in [-0.15, -0.1) is 59.7 Å². The van der Waals surface area contributed by atoms with Crippen LogP contribution in [0.3, 0.4) is 0 Å². The number of nitrogens with zero attached hydrogens (tertiary/aromatic N) is 2. The minimum atomic E-state index is 0. The van der Waals surface area contributed by atoms with Gasteiger partial charge in [-0.1, -0.05) is 80.9 Å². The number of aromatic nitrogens is 2. The van der Waals surface area contributed by atoms with Crippen LogP contribution in [0.25, 0.3) is 66.7 Å². The maximum Gasteiger partial charge on any atom is 0.142 e. The molecule has 0 unspecified atom stereocenters. The van der Waals surface area contributed by atoms with Gasteiger partial charge in [-0.3, -0.25) is 0 Å². The van der Waals surface area contributed by atoms with Gasteiger partial charge < -0.3 is 19.7 Å². The van der Waals surface area contributed by atoms with Gasteiger partial charge in [-0.2, -0.15) is 0 Å². The first kappa shape index (κ1) is 33.2. The van der Waals surface area contributed by atoms with E-state index in [0.29, 0.717) is 0 Å². The zero-order valence-electron chi connectivity index (χ0n) is 28.3. The molecule has 3 aromatic heterocycles. The Bertz CT molecular complexity index is 2420. The molecule has 0 saturated heterocycles. The number of hydrogen-bond donors (Lipinski definition) is 1. The van der Waals surface area contributed by atoms with E-state index in [-0.39, 0.29) is 25.5 Å². The van der Waals surface area contributed by atoms with Crippen molar-refractivity contribution in [2.24, 2.45) is 0 Å². The summed E-state index contributed by atoms with van der Waals surface area (Å²) in [6.45, 7) is 8.89. The molecule has 5 aromatic carbocycles. The van der Waals surface area contributed by atoms with Crippen molar-refractivity contribution >= 4 is 33.3 Å². The Balaban J connectivity index is 0.000000255. The summed E-state index contributed by atoms with van der Waals surface area (Å²) >= 11 is 0. The molecule has 1 radical (unpaired) electrons. The molecule has 0 atom stereocenters. The van der Waals surface area contributed by atoms with Crippen LogP contribution in [0.2, 0.25) is 0 Å². The number of pyridine rings is 2. The van der Waals surface area contributed by atoms with Gasteiger partial charge in [-0.05, 0) is 76.4 Å². The Morgan fingerprint density at radius 2 is 1.42 bits per heavy atom. The van der Waals surface area contributed by atoms with Crippen LogP contribution in [0, 0.1) is 19.1 Å². The number of nitrogens with one attached hydrogen (secondary N) is 1. The Morgan fingerprint density at radius 3 is 2.22 bits per heavy atom. The van der Waals surface area contributed by atoms with Crippen LogP contribution < -0.4 is 5.32 Å². The van der Waals surface area contributed by atoms with Crippen LogP contribution in [0.15, 0.2) is 138 Å². The first-order valence-electron chi connectivity index (χ1n) is 16.6. The van der Waals surface area contributed by atoms with Crippen LogP contribution >= 0.6 is 0 Å². The van der Waals surface area contributed by atoms with E-state index in [1.165, 1.54) is 22.3 Å². The SMILES string of the molecule is Cc1c2cc3c(oc4ccccc43)c1-c1cc(-c3cc(C(C)(C)C)ccn3)[c-]cc1Nc1ccccc1-2.[Ir].[c-]1ccccc1-c1ccccn1. The van der Waals surface area contributed by atoms with Crippen LogP contribution in [0.5, 0.6) is 0 Å². The van der Waals surface area contributed by atoms with Gasteiger partial charge in [0.2, 0.25) is 0 Å². The molecule has 2 bridgehead atoms. The number of anilines is 2. The van der Waals surface area contributed by atoms with Crippen molar-refractivity contribution in [3.8, 4) is 44.8 Å². The summed E-state index contributed by atoms with van der Waals surface area (Å²) < 4.78 is 6.54. The molecule has 4 heterocycles. The molecule has 0 fully saturated rings. The second kappa shape index (κ2) is 13.5. The minimum Gasteiger partial charge on any atom is -0.455 e. The van der Waals surface area contributed by atoms with Crippen molar-refractivity contribution in [3.63, 3.8) is 0 Å². The maximum atomic E-state index is 6.54. The van der Waals surface area contributed by atoms with Crippen LogP contribution in [-0.2, 0) is 25.5 Å². The molecule has 1 aliphatic heterocycles. The summed E-state index contributed by atoms with van der Waals surface area (Å²) in [5.41, 5.74) is 14.9. The number of furan rings is 1. The van der Waals surface area contributed by atoms with Gasteiger partial charge in [0.1, 0.15) is 11.2 Å². The molecule has 50 heavy (non-hydrogen) atoms. The summed E-state index contributed by atoms with van der Waals surface area (Å²) in [5.74, 6) is 0. The molecule has 8 aromatic rings. The van der Waals surface area contributed by atoms with E-state index in [9.17, 15) is 0 Å². The smallest absolute Gasteiger partial charge is 0.142 e. The standard InChI is InChI=1S/C34H27N2O.C11H8N.Ir/c1-20-25-19-26-24-10-6-8-12-31(24)37-33(26)32(20)27-17-21(30-18-22(15-16-35-30)34(2,3)4)13-14-29(27)36-28-11-7-5-9-23(25)28;1-2-6-10(7-3-1)11-8-4-5-9-12-11;/h5-12,14-19,36H,1-4H3;1-6,8-9H;/q2*-1;. The summed E-state index contributed by atoms with van der Waals surface area (Å²) in [6, 6.07) is 48.0. The largest absolute Gasteiger partial charge is 0.455 e. The minimum absolute atomic E-state index is 0. The molecule has 0 spiro atoms. The van der Waals surface area contributed by atoms with Gasteiger partial charge in [0.25, 0.3) is 0 Å². The molecule has 0 amide bonds. The van der Waals surface area contributed by atoms with E-state index in [1.54, 1.807) is 6.20 Å². The van der Waals surface area contributed by atoms with Crippen LogP contribution in [0.4, 0.5) is 11.4 Å². The fourth-order valence-corrected chi connectivity index (χ4v) is 6.60. The fraction of sp³-hybridized carbons (Fsp3) is 0.111. The molecule has 9 rings (SSSR count). The van der Waals surface area contributed by atoms with E-state index >= 15 is 0 Å². The predicted molar refractivity (Wildman–Crippen MR) is 202 cm³/mol. The number of hydrogen-bond acceptors (Lipinski definition) is 4. The topological polar surface area (TPSA) is 51.0 Å². The average molecular weight is 826 g/mol. The first-order valence-corrected chi connectivity index (χ1v) is 16.6. The van der Waals surface area contributed by atoms with E-state index in [0.717, 1.165) is 67.0 Å². The van der Waals surface area contributed by atoms with Gasteiger partial charge >= 0.3 is 0 Å². The van der Waals surface area contributed by atoms with Gasteiger partial charge in [0.05, 0.1) is 0 Å². The number of para-hydroxylation sites is 2. The van der Waals surface area contributed by atoms with E-state index in [4.69, 9.17) is 9.40 Å². The summed E-state index contributed by atoms with van der Waals surface area (Å²) in [6.07, 6.45) is 3.69. The van der Waals surface area contributed by atoms with Crippen molar-refractivity contribution < 1.29 is 24.5 Å². The predicted octanol–water partition coefficient (Wildman–Crippen LogP) is 12.0. The van der Waals surface area contributed by atoms with Crippen LogP contribution in [-0.4, -0.2) is 9.97 Å². The average Bonchev–Trinajstić information content (AvgIpc) is 3.51. The van der Waals surface area contributed by atoms with Crippen LogP contribution in [0.1, 0.15) is 31.9 Å². The first-order chi connectivity index (χ1) is 23.8. The summed E-state index contributed by atoms with van der Waals surface area (Å²) in [5, 5.41) is 5.97. The van der Waals surface area contributed by atoms with Gasteiger partial charge in [0, 0.05) is 60.1 Å². The second-order valence-corrected chi connectivity index (χ2v) is 13.4. The molecule has 247 valence electrons. The van der Waals surface area contributed by atoms with Crippen molar-refractivity contribution in [1.29, 1.82) is 0 Å². The van der Waals surface area contributed by atoms with Crippen molar-refractivity contribution in [1.82, 2.24) is 9.97 Å². The van der Waals surface area contributed by atoms with E-state index in [2.05, 4.69) is 117 Å². The van der Waals surface area contributed by atoms with Crippen molar-refractivity contribution in [3.05, 3.63) is 157 Å². The van der Waals surface area contributed by atoms with E-state index < -0.39 is 0 Å². The Kier molecular flexibility index (Phi) is 8.96. The van der Waals surface area contributed by atoms with E-state index in [1.807, 2.05) is 60.8 Å². The number of benzene rings is 5. The van der Waals surface area contributed by atoms with Gasteiger partial charge in [0.15, 0.2) is 0 Å². The Hall–Kier alpha value is -5.35. The normalized spacial score (nSPS) is 11.6. The van der Waals surface area contributed by atoms with Crippen molar-refractivity contribution in [2.75, 3.05) is 5.32 Å². The third kappa shape index (κ3) is 6.15. The number of rotatable bonds is 2. The number of fused-ring (bicyclic) bond motifs is 10. The van der Waals surface area contributed by atoms with Crippen molar-refractivity contribution in [2.45, 2.75) is 33.1 Å². The molecule has 5 heteroatoms. The molecule has 1 aliphatic rings. The molecule has 1 N–H and O–H groups in total. The fourth-order valence-electron chi connectivity index (χ4n) is 6.60.